The molecule has 0 N–H and O–H groups in total. The van der Waals surface area contributed by atoms with Crippen LogP contribution in [0.3, 0.4) is 0 Å². The first-order chi connectivity index (χ1) is 7.72. The zero-order valence-electron chi connectivity index (χ0n) is 9.72. The van der Waals surface area contributed by atoms with Gasteiger partial charge in [-0.3, -0.25) is 4.79 Å². The van der Waals surface area contributed by atoms with E-state index in [-0.39, 0.29) is 5.78 Å². The first-order valence-corrected chi connectivity index (χ1v) is 6.23. The first-order valence-electron chi connectivity index (χ1n) is 6.23. The van der Waals surface area contributed by atoms with Gasteiger partial charge in [0.25, 0.3) is 0 Å². The maximum absolute atomic E-state index is 12.0. The Kier molecular flexibility index (Phi) is 2.34. The summed E-state index contributed by atoms with van der Waals surface area (Å²) in [4.78, 5) is 16.1. The fourth-order valence-corrected chi connectivity index (χ4v) is 3.53. The molecule has 3 unspecified atom stereocenters. The number of hydrogen-bond acceptors (Lipinski definition) is 2. The summed E-state index contributed by atoms with van der Waals surface area (Å²) in [6.07, 6.45) is 9.66. The number of ketones is 1. The minimum atomic E-state index is 0.234. The summed E-state index contributed by atoms with van der Waals surface area (Å²) < 4.78 is 1.84. The van der Waals surface area contributed by atoms with Crippen molar-refractivity contribution in [3.63, 3.8) is 0 Å². The van der Waals surface area contributed by atoms with Crippen LogP contribution in [0.1, 0.15) is 42.6 Å². The second-order valence-electron chi connectivity index (χ2n) is 5.49. The van der Waals surface area contributed by atoms with E-state index in [4.69, 9.17) is 0 Å². The predicted molar refractivity (Wildman–Crippen MR) is 61.1 cm³/mol. The lowest BCUT2D eigenvalue weighted by Gasteiger charge is -2.20. The molecule has 3 atom stereocenters. The molecule has 0 amide bonds. The molecular weight excluding hydrogens is 200 g/mol. The van der Waals surface area contributed by atoms with Crippen LogP contribution in [0.4, 0.5) is 0 Å². The largest absolute Gasteiger partial charge is 0.340 e. The van der Waals surface area contributed by atoms with Crippen molar-refractivity contribution in [1.82, 2.24) is 9.55 Å². The maximum atomic E-state index is 12.0. The Bertz CT molecular complexity index is 410. The molecular formula is C13H18N2O. The highest BCUT2D eigenvalue weighted by atomic mass is 16.1. The predicted octanol–water partition coefficient (Wildman–Crippen LogP) is 2.43. The highest BCUT2D eigenvalue weighted by molar-refractivity contribution is 5.94. The van der Waals surface area contributed by atoms with Gasteiger partial charge >= 0.3 is 0 Å². The molecule has 1 aromatic heterocycles. The van der Waals surface area contributed by atoms with Crippen LogP contribution in [0.2, 0.25) is 0 Å². The third-order valence-electron chi connectivity index (χ3n) is 4.32. The summed E-state index contributed by atoms with van der Waals surface area (Å²) in [5.41, 5.74) is 0.644. The molecule has 2 aliphatic rings. The SMILES string of the molecule is Cn1cnc(C(=O)CC2CC3CCC2C3)c1. The average molecular weight is 218 g/mol. The van der Waals surface area contributed by atoms with E-state index in [1.807, 2.05) is 17.8 Å². The van der Waals surface area contributed by atoms with E-state index in [1.54, 1.807) is 6.33 Å². The van der Waals surface area contributed by atoms with Crippen LogP contribution in [0.15, 0.2) is 12.5 Å². The Morgan fingerprint density at radius 3 is 2.94 bits per heavy atom. The number of nitrogens with zero attached hydrogens (tertiary/aromatic N) is 2. The number of rotatable bonds is 3. The summed E-state index contributed by atoms with van der Waals surface area (Å²) >= 11 is 0. The van der Waals surface area contributed by atoms with Gasteiger partial charge in [-0.1, -0.05) is 6.42 Å². The number of hydrogen-bond donors (Lipinski definition) is 0. The van der Waals surface area contributed by atoms with Crippen molar-refractivity contribution in [3.05, 3.63) is 18.2 Å². The fourth-order valence-electron chi connectivity index (χ4n) is 3.53. The van der Waals surface area contributed by atoms with Gasteiger partial charge in [0, 0.05) is 19.7 Å². The van der Waals surface area contributed by atoms with Crippen LogP contribution in [-0.4, -0.2) is 15.3 Å². The minimum Gasteiger partial charge on any atom is -0.340 e. The molecule has 2 bridgehead atoms. The van der Waals surface area contributed by atoms with Crippen LogP contribution >= 0.6 is 0 Å². The summed E-state index contributed by atoms with van der Waals surface area (Å²) in [5.74, 6) is 2.63. The van der Waals surface area contributed by atoms with Crippen molar-refractivity contribution in [2.75, 3.05) is 0 Å². The van der Waals surface area contributed by atoms with Crippen LogP contribution in [0, 0.1) is 17.8 Å². The van der Waals surface area contributed by atoms with Gasteiger partial charge in [0.1, 0.15) is 5.69 Å². The Labute approximate surface area is 95.9 Å². The summed E-state index contributed by atoms with van der Waals surface area (Å²) in [6, 6.07) is 0. The van der Waals surface area contributed by atoms with Gasteiger partial charge in [-0.05, 0) is 37.0 Å². The van der Waals surface area contributed by atoms with Crippen molar-refractivity contribution < 1.29 is 4.79 Å². The lowest BCUT2D eigenvalue weighted by molar-refractivity contribution is 0.0939. The smallest absolute Gasteiger partial charge is 0.183 e. The van der Waals surface area contributed by atoms with Crippen molar-refractivity contribution >= 4 is 5.78 Å². The van der Waals surface area contributed by atoms with E-state index >= 15 is 0 Å². The summed E-state index contributed by atoms with van der Waals surface area (Å²) in [7, 11) is 1.90. The number of aryl methyl sites for hydroxylation is 1. The number of fused-ring (bicyclic) bond motifs is 2. The quantitative estimate of drug-likeness (QED) is 0.730. The molecule has 2 saturated carbocycles. The molecule has 0 spiro atoms. The van der Waals surface area contributed by atoms with E-state index < -0.39 is 0 Å². The molecule has 0 radical (unpaired) electrons. The van der Waals surface area contributed by atoms with Crippen LogP contribution in [-0.2, 0) is 7.05 Å². The minimum absolute atomic E-state index is 0.234. The number of carbonyl (C=O) groups is 1. The first kappa shape index (κ1) is 10.1. The van der Waals surface area contributed by atoms with Crippen molar-refractivity contribution in [1.29, 1.82) is 0 Å². The molecule has 86 valence electrons. The molecule has 3 heteroatoms. The van der Waals surface area contributed by atoms with Crippen molar-refractivity contribution in [3.8, 4) is 0 Å². The summed E-state index contributed by atoms with van der Waals surface area (Å²) in [5, 5.41) is 0. The molecule has 0 saturated heterocycles. The lowest BCUT2D eigenvalue weighted by atomic mass is 9.85. The van der Waals surface area contributed by atoms with E-state index in [1.165, 1.54) is 25.7 Å². The molecule has 16 heavy (non-hydrogen) atoms. The fraction of sp³-hybridized carbons (Fsp3) is 0.692. The molecule has 1 aromatic rings. The molecule has 2 aliphatic carbocycles. The highest BCUT2D eigenvalue weighted by Gasteiger charge is 2.40. The van der Waals surface area contributed by atoms with Gasteiger partial charge < -0.3 is 4.57 Å². The molecule has 0 aliphatic heterocycles. The number of aromatic nitrogens is 2. The van der Waals surface area contributed by atoms with Crippen LogP contribution in [0.25, 0.3) is 0 Å². The second kappa shape index (κ2) is 3.72. The average Bonchev–Trinajstić information content (AvgIpc) is 2.92. The second-order valence-corrected chi connectivity index (χ2v) is 5.49. The Balaban J connectivity index is 1.65. The third-order valence-corrected chi connectivity index (χ3v) is 4.32. The molecule has 3 nitrogen and oxygen atoms in total. The number of carbonyl (C=O) groups excluding carboxylic acids is 1. The molecule has 2 fully saturated rings. The van der Waals surface area contributed by atoms with E-state index in [9.17, 15) is 4.79 Å². The standard InChI is InChI=1S/C13H18N2O/c1-15-7-12(14-8-15)13(16)6-11-5-9-2-3-10(11)4-9/h7-11H,2-6H2,1H3. The molecule has 1 heterocycles. The van der Waals surface area contributed by atoms with E-state index in [0.29, 0.717) is 11.6 Å². The number of Topliss-reactive ketones (excluding diaryl/α,β-unsaturated/α-hetero) is 1. The van der Waals surface area contributed by atoms with Crippen molar-refractivity contribution in [2.24, 2.45) is 24.8 Å². The van der Waals surface area contributed by atoms with Gasteiger partial charge in [-0.2, -0.15) is 0 Å². The lowest BCUT2D eigenvalue weighted by Crippen LogP contribution is -2.15. The zero-order valence-corrected chi connectivity index (χ0v) is 9.72. The monoisotopic (exact) mass is 218 g/mol. The normalized spacial score (nSPS) is 32.2. The van der Waals surface area contributed by atoms with Crippen LogP contribution < -0.4 is 0 Å². The highest BCUT2D eigenvalue weighted by Crippen LogP contribution is 2.49. The van der Waals surface area contributed by atoms with Crippen molar-refractivity contribution in [2.45, 2.75) is 32.1 Å². The van der Waals surface area contributed by atoms with E-state index in [2.05, 4.69) is 4.98 Å². The molecule has 0 aromatic carbocycles. The van der Waals surface area contributed by atoms with Gasteiger partial charge in [0.15, 0.2) is 5.78 Å². The van der Waals surface area contributed by atoms with Gasteiger partial charge in [-0.15, -0.1) is 0 Å². The third kappa shape index (κ3) is 1.68. The zero-order chi connectivity index (χ0) is 11.1. The van der Waals surface area contributed by atoms with E-state index in [0.717, 1.165) is 18.3 Å². The maximum Gasteiger partial charge on any atom is 0.183 e. The van der Waals surface area contributed by atoms with Gasteiger partial charge in [0.2, 0.25) is 0 Å². The Morgan fingerprint density at radius 2 is 2.38 bits per heavy atom. The Morgan fingerprint density at radius 1 is 1.50 bits per heavy atom. The van der Waals surface area contributed by atoms with Gasteiger partial charge in [-0.25, -0.2) is 4.98 Å². The number of imidazole rings is 1. The molecule has 3 rings (SSSR count). The Hall–Kier alpha value is -1.12. The van der Waals surface area contributed by atoms with Crippen LogP contribution in [0.5, 0.6) is 0 Å². The summed E-state index contributed by atoms with van der Waals surface area (Å²) in [6.45, 7) is 0. The van der Waals surface area contributed by atoms with Gasteiger partial charge in [0.05, 0.1) is 6.33 Å². The topological polar surface area (TPSA) is 34.9 Å².